The highest BCUT2D eigenvalue weighted by molar-refractivity contribution is 5.88. The SMILES string of the molecule is Cc1ccc(C2COc3cccc(C4CCN(Cc5nc6ccc(C(=O)O)nc6n5CC5CCO5)CC4)c3N2C)cc1. The molecule has 2 atom stereocenters. The third kappa shape index (κ3) is 5.01. The molecule has 9 heteroatoms. The summed E-state index contributed by atoms with van der Waals surface area (Å²) in [7, 11) is 2.20. The Balaban J connectivity index is 1.09. The number of rotatable bonds is 7. The number of carboxylic acids is 1. The van der Waals surface area contributed by atoms with Crippen molar-refractivity contribution in [3.8, 4) is 5.75 Å². The van der Waals surface area contributed by atoms with Gasteiger partial charge in [0.15, 0.2) is 11.3 Å². The highest BCUT2D eigenvalue weighted by atomic mass is 16.5. The molecule has 7 rings (SSSR count). The number of anilines is 1. The third-order valence-corrected chi connectivity index (χ3v) is 9.17. The molecule has 3 aliphatic heterocycles. The molecule has 2 aromatic heterocycles. The first-order valence-corrected chi connectivity index (χ1v) is 14.9. The van der Waals surface area contributed by atoms with Crippen molar-refractivity contribution in [3.05, 3.63) is 82.8 Å². The summed E-state index contributed by atoms with van der Waals surface area (Å²) >= 11 is 0. The van der Waals surface area contributed by atoms with Gasteiger partial charge in [-0.15, -0.1) is 0 Å². The fourth-order valence-corrected chi connectivity index (χ4v) is 6.62. The van der Waals surface area contributed by atoms with Crippen molar-refractivity contribution in [2.75, 3.05) is 38.3 Å². The van der Waals surface area contributed by atoms with Gasteiger partial charge in [0.25, 0.3) is 0 Å². The van der Waals surface area contributed by atoms with Crippen molar-refractivity contribution in [2.45, 2.75) is 57.3 Å². The molecule has 1 N–H and O–H groups in total. The molecule has 0 radical (unpaired) electrons. The Bertz CT molecular complexity index is 1600. The molecule has 0 spiro atoms. The van der Waals surface area contributed by atoms with Gasteiger partial charge >= 0.3 is 5.97 Å². The van der Waals surface area contributed by atoms with E-state index in [0.717, 1.165) is 56.0 Å². The van der Waals surface area contributed by atoms with Crippen LogP contribution in [0.25, 0.3) is 11.2 Å². The van der Waals surface area contributed by atoms with Gasteiger partial charge in [-0.25, -0.2) is 14.8 Å². The van der Waals surface area contributed by atoms with Crippen LogP contribution < -0.4 is 9.64 Å². The maximum atomic E-state index is 11.6. The number of aromatic nitrogens is 3. The fourth-order valence-electron chi connectivity index (χ4n) is 6.62. The van der Waals surface area contributed by atoms with E-state index in [1.54, 1.807) is 6.07 Å². The molecule has 218 valence electrons. The van der Waals surface area contributed by atoms with E-state index in [0.29, 0.717) is 31.3 Å². The van der Waals surface area contributed by atoms with Crippen LogP contribution in [0.15, 0.2) is 54.6 Å². The van der Waals surface area contributed by atoms with Crippen molar-refractivity contribution in [1.29, 1.82) is 0 Å². The van der Waals surface area contributed by atoms with E-state index in [1.165, 1.54) is 28.4 Å². The zero-order chi connectivity index (χ0) is 28.8. The van der Waals surface area contributed by atoms with Crippen LogP contribution in [-0.4, -0.2) is 70.0 Å². The molecule has 42 heavy (non-hydrogen) atoms. The summed E-state index contributed by atoms with van der Waals surface area (Å²) in [5.74, 6) is 1.31. The number of carbonyl (C=O) groups is 1. The Morgan fingerprint density at radius 3 is 2.52 bits per heavy atom. The van der Waals surface area contributed by atoms with Crippen LogP contribution >= 0.6 is 0 Å². The number of likely N-dealkylation sites (tertiary alicyclic amines) is 1. The van der Waals surface area contributed by atoms with E-state index in [1.807, 2.05) is 0 Å². The van der Waals surface area contributed by atoms with Crippen molar-refractivity contribution in [1.82, 2.24) is 19.4 Å². The van der Waals surface area contributed by atoms with Crippen LogP contribution in [0.1, 0.15) is 64.2 Å². The number of piperidine rings is 1. The molecule has 0 amide bonds. The lowest BCUT2D eigenvalue weighted by atomic mass is 9.87. The lowest BCUT2D eigenvalue weighted by molar-refractivity contribution is -0.0593. The predicted molar refractivity (Wildman–Crippen MR) is 160 cm³/mol. The van der Waals surface area contributed by atoms with Gasteiger partial charge in [0.05, 0.1) is 30.9 Å². The summed E-state index contributed by atoms with van der Waals surface area (Å²) in [6.45, 7) is 6.78. The van der Waals surface area contributed by atoms with Gasteiger partial charge in [-0.1, -0.05) is 42.0 Å². The van der Waals surface area contributed by atoms with Gasteiger partial charge in [-0.2, -0.15) is 0 Å². The Labute approximate surface area is 245 Å². The Morgan fingerprint density at radius 1 is 1.02 bits per heavy atom. The van der Waals surface area contributed by atoms with Crippen molar-refractivity contribution in [3.63, 3.8) is 0 Å². The second-order valence-electron chi connectivity index (χ2n) is 11.9. The number of hydrogen-bond acceptors (Lipinski definition) is 7. The van der Waals surface area contributed by atoms with Crippen molar-refractivity contribution < 1.29 is 19.4 Å². The van der Waals surface area contributed by atoms with Crippen LogP contribution in [0.4, 0.5) is 5.69 Å². The maximum absolute atomic E-state index is 11.6. The molecule has 9 nitrogen and oxygen atoms in total. The quantitative estimate of drug-likeness (QED) is 0.327. The lowest BCUT2D eigenvalue weighted by Crippen LogP contribution is -2.37. The first kappa shape index (κ1) is 26.9. The summed E-state index contributed by atoms with van der Waals surface area (Å²) in [6, 6.07) is 18.8. The van der Waals surface area contributed by atoms with Gasteiger partial charge in [0, 0.05) is 13.7 Å². The van der Waals surface area contributed by atoms with E-state index in [4.69, 9.17) is 14.5 Å². The molecule has 2 unspecified atom stereocenters. The topological polar surface area (TPSA) is 92.9 Å². The number of nitrogens with zero attached hydrogens (tertiary/aromatic N) is 5. The molecule has 0 bridgehead atoms. The van der Waals surface area contributed by atoms with Gasteiger partial charge in [0.1, 0.15) is 23.7 Å². The number of carboxylic acid groups (broad SMARTS) is 1. The maximum Gasteiger partial charge on any atom is 0.354 e. The number of fused-ring (bicyclic) bond motifs is 2. The van der Waals surface area contributed by atoms with E-state index < -0.39 is 5.97 Å². The summed E-state index contributed by atoms with van der Waals surface area (Å²) in [6.07, 6.45) is 3.21. The first-order chi connectivity index (χ1) is 20.4. The zero-order valence-electron chi connectivity index (χ0n) is 24.2. The first-order valence-electron chi connectivity index (χ1n) is 14.9. The number of aryl methyl sites for hydroxylation is 1. The molecule has 2 aromatic carbocycles. The minimum Gasteiger partial charge on any atom is -0.489 e. The standard InChI is InChI=1S/C33H37N5O4/c1-21-6-8-23(9-7-21)28-20-42-29-5-3-4-25(31(29)36(28)2)22-12-15-37(16-13-22)19-30-34-26-10-11-27(33(39)40)35-32(26)38(30)18-24-14-17-41-24/h3-11,22,24,28H,12-20H2,1-2H3,(H,39,40). The van der Waals surface area contributed by atoms with Gasteiger partial charge in [-0.05, 0) is 74.5 Å². The number of benzene rings is 2. The molecular formula is C33H37N5O4. The molecule has 2 fully saturated rings. The van der Waals surface area contributed by atoms with E-state index >= 15 is 0 Å². The minimum atomic E-state index is -1.03. The molecule has 4 aromatic rings. The summed E-state index contributed by atoms with van der Waals surface area (Å²) < 4.78 is 14.1. The van der Waals surface area contributed by atoms with E-state index in [2.05, 4.69) is 75.8 Å². The van der Waals surface area contributed by atoms with Crippen molar-refractivity contribution >= 4 is 22.8 Å². The number of ether oxygens (including phenoxy) is 2. The average Bonchev–Trinajstić information content (AvgIpc) is 3.31. The summed E-state index contributed by atoms with van der Waals surface area (Å²) in [4.78, 5) is 25.8. The van der Waals surface area contributed by atoms with Crippen molar-refractivity contribution in [2.24, 2.45) is 0 Å². The van der Waals surface area contributed by atoms with Crippen LogP contribution in [0.3, 0.4) is 0 Å². The van der Waals surface area contributed by atoms with Crippen LogP contribution in [0.5, 0.6) is 5.75 Å². The number of imidazole rings is 1. The highest BCUT2D eigenvalue weighted by Crippen LogP contribution is 2.45. The number of pyridine rings is 1. The smallest absolute Gasteiger partial charge is 0.354 e. The fraction of sp³-hybridized carbons (Fsp3) is 0.424. The number of hydrogen-bond donors (Lipinski definition) is 1. The minimum absolute atomic E-state index is 0.0373. The zero-order valence-corrected chi connectivity index (χ0v) is 24.2. The molecule has 0 saturated carbocycles. The number of para-hydroxylation sites is 1. The monoisotopic (exact) mass is 567 g/mol. The number of likely N-dealkylation sites (N-methyl/N-ethyl adjacent to an activating group) is 1. The third-order valence-electron chi connectivity index (χ3n) is 9.17. The molecular weight excluding hydrogens is 530 g/mol. The Hall–Kier alpha value is -3.95. The summed E-state index contributed by atoms with van der Waals surface area (Å²) in [5.41, 5.74) is 6.51. The number of aromatic carboxylic acids is 1. The molecule has 5 heterocycles. The van der Waals surface area contributed by atoms with Gasteiger partial charge in [0.2, 0.25) is 0 Å². The highest BCUT2D eigenvalue weighted by Gasteiger charge is 2.32. The molecule has 2 saturated heterocycles. The second kappa shape index (κ2) is 11.0. The largest absolute Gasteiger partial charge is 0.489 e. The second-order valence-corrected chi connectivity index (χ2v) is 11.9. The van der Waals surface area contributed by atoms with Crippen LogP contribution in [-0.2, 0) is 17.8 Å². The van der Waals surface area contributed by atoms with Crippen LogP contribution in [0, 0.1) is 6.92 Å². The van der Waals surface area contributed by atoms with E-state index in [9.17, 15) is 9.90 Å². The van der Waals surface area contributed by atoms with Gasteiger partial charge < -0.3 is 24.0 Å². The average molecular weight is 568 g/mol. The predicted octanol–water partition coefficient (Wildman–Crippen LogP) is 5.18. The Morgan fingerprint density at radius 2 is 1.81 bits per heavy atom. The molecule has 0 aliphatic carbocycles. The van der Waals surface area contributed by atoms with E-state index in [-0.39, 0.29) is 17.8 Å². The summed E-state index contributed by atoms with van der Waals surface area (Å²) in [5, 5.41) is 9.50. The van der Waals surface area contributed by atoms with Crippen LogP contribution in [0.2, 0.25) is 0 Å². The lowest BCUT2D eigenvalue weighted by Gasteiger charge is -2.40. The normalized spacial score (nSPS) is 21.1. The van der Waals surface area contributed by atoms with Gasteiger partial charge in [-0.3, -0.25) is 4.90 Å². The molecule has 3 aliphatic rings. The Kier molecular flexibility index (Phi) is 7.07.